The van der Waals surface area contributed by atoms with Crippen molar-refractivity contribution in [1.29, 1.82) is 0 Å². The Balaban J connectivity index is 2.55. The lowest BCUT2D eigenvalue weighted by atomic mass is 9.98. The third-order valence-electron chi connectivity index (χ3n) is 2.81. The summed E-state index contributed by atoms with van der Waals surface area (Å²) < 4.78 is 1.84. The predicted octanol–water partition coefficient (Wildman–Crippen LogP) is 2.99. The molecule has 3 heteroatoms. The standard InChI is InChI=1S/C13H16BN2/c1-9-7-10(2)13(11(3)8-9)12-5-6-16(14-4)15-12/h5-8H,1-4H3/q-1. The fourth-order valence-corrected chi connectivity index (χ4v) is 2.20. The summed E-state index contributed by atoms with van der Waals surface area (Å²) >= 11 is 0. The first kappa shape index (κ1) is 11.0. The highest BCUT2D eigenvalue weighted by atomic mass is 15.2. The van der Waals surface area contributed by atoms with Gasteiger partial charge in [-0.3, -0.25) is 0 Å². The zero-order chi connectivity index (χ0) is 11.7. The highest BCUT2D eigenvalue weighted by molar-refractivity contribution is 6.31. The summed E-state index contributed by atoms with van der Waals surface area (Å²) in [5.41, 5.74) is 6.19. The smallest absolute Gasteiger partial charge is 0.0880 e. The zero-order valence-electron chi connectivity index (χ0n) is 10.3. The van der Waals surface area contributed by atoms with Crippen LogP contribution in [0.4, 0.5) is 0 Å². The van der Waals surface area contributed by atoms with Crippen LogP contribution in [0.2, 0.25) is 6.82 Å². The number of rotatable bonds is 2. The molecule has 0 aliphatic heterocycles. The lowest BCUT2D eigenvalue weighted by Crippen LogP contribution is -2.02. The molecule has 1 heterocycles. The predicted molar refractivity (Wildman–Crippen MR) is 68.9 cm³/mol. The van der Waals surface area contributed by atoms with Crippen molar-refractivity contribution < 1.29 is 0 Å². The molecule has 0 amide bonds. The minimum absolute atomic E-state index is 1.05. The first-order chi connectivity index (χ1) is 7.61. The average molecular weight is 211 g/mol. The van der Waals surface area contributed by atoms with E-state index in [0.717, 1.165) is 5.69 Å². The second-order valence-corrected chi connectivity index (χ2v) is 4.21. The van der Waals surface area contributed by atoms with Crippen LogP contribution in [-0.4, -0.2) is 17.1 Å². The minimum atomic E-state index is 1.05. The van der Waals surface area contributed by atoms with E-state index in [1.165, 1.54) is 22.3 Å². The quantitative estimate of drug-likeness (QED) is 0.698. The second kappa shape index (κ2) is 4.16. The van der Waals surface area contributed by atoms with Gasteiger partial charge in [0.25, 0.3) is 0 Å². The molecule has 0 aliphatic rings. The summed E-state index contributed by atoms with van der Waals surface area (Å²) in [5, 5.41) is 4.51. The van der Waals surface area contributed by atoms with Crippen LogP contribution in [0.5, 0.6) is 0 Å². The monoisotopic (exact) mass is 211 g/mol. The molecule has 82 valence electrons. The maximum absolute atomic E-state index is 4.51. The van der Waals surface area contributed by atoms with Crippen molar-refractivity contribution >= 4 is 7.41 Å². The minimum Gasteiger partial charge on any atom is -0.516 e. The van der Waals surface area contributed by atoms with Gasteiger partial charge in [-0.05, 0) is 44.2 Å². The molecule has 0 aliphatic carbocycles. The molecule has 16 heavy (non-hydrogen) atoms. The molecule has 0 saturated carbocycles. The molecule has 0 atom stereocenters. The lowest BCUT2D eigenvalue weighted by molar-refractivity contribution is 0.979. The van der Waals surface area contributed by atoms with E-state index in [1.54, 1.807) is 0 Å². The van der Waals surface area contributed by atoms with Crippen LogP contribution in [0.25, 0.3) is 11.3 Å². The lowest BCUT2D eigenvalue weighted by Gasteiger charge is -2.11. The fraction of sp³-hybridized carbons (Fsp3) is 0.308. The van der Waals surface area contributed by atoms with E-state index in [9.17, 15) is 0 Å². The largest absolute Gasteiger partial charge is 0.516 e. The summed E-state index contributed by atoms with van der Waals surface area (Å²) in [4.78, 5) is 0. The average Bonchev–Trinajstić information content (AvgIpc) is 2.64. The maximum atomic E-state index is 4.51. The molecule has 0 bridgehead atoms. The zero-order valence-corrected chi connectivity index (χ0v) is 10.3. The summed E-state index contributed by atoms with van der Waals surface area (Å²) in [6, 6.07) is 6.47. The van der Waals surface area contributed by atoms with Gasteiger partial charge in [0.05, 0.1) is 5.69 Å². The van der Waals surface area contributed by atoms with E-state index in [4.69, 9.17) is 0 Å². The van der Waals surface area contributed by atoms with Crippen molar-refractivity contribution in [2.45, 2.75) is 27.6 Å². The van der Waals surface area contributed by atoms with Crippen LogP contribution >= 0.6 is 0 Å². The molecule has 1 aromatic carbocycles. The highest BCUT2D eigenvalue weighted by Crippen LogP contribution is 2.26. The van der Waals surface area contributed by atoms with E-state index in [0.29, 0.717) is 0 Å². The number of aromatic nitrogens is 2. The first-order valence-corrected chi connectivity index (χ1v) is 5.54. The Labute approximate surface area is 97.6 Å². The third kappa shape index (κ3) is 1.90. The maximum Gasteiger partial charge on any atom is 0.0880 e. The Bertz CT molecular complexity index is 491. The van der Waals surface area contributed by atoms with Crippen LogP contribution in [-0.2, 0) is 0 Å². The topological polar surface area (TPSA) is 17.8 Å². The van der Waals surface area contributed by atoms with Crippen molar-refractivity contribution in [2.24, 2.45) is 0 Å². The van der Waals surface area contributed by atoms with Gasteiger partial charge in [0.1, 0.15) is 0 Å². The van der Waals surface area contributed by atoms with Gasteiger partial charge in [-0.15, -0.1) is 0 Å². The van der Waals surface area contributed by atoms with E-state index in [1.807, 2.05) is 25.0 Å². The molecule has 2 aromatic rings. The van der Waals surface area contributed by atoms with E-state index < -0.39 is 0 Å². The van der Waals surface area contributed by atoms with Gasteiger partial charge in [0, 0.05) is 5.56 Å². The second-order valence-electron chi connectivity index (χ2n) is 4.21. The molecule has 0 unspecified atom stereocenters. The molecule has 2 radical (unpaired) electrons. The van der Waals surface area contributed by atoms with E-state index in [-0.39, 0.29) is 0 Å². The van der Waals surface area contributed by atoms with Gasteiger partial charge < -0.3 is 4.59 Å². The molecular formula is C13H16BN2-. The van der Waals surface area contributed by atoms with Crippen LogP contribution in [0, 0.1) is 20.8 Å². The van der Waals surface area contributed by atoms with Crippen molar-refractivity contribution in [1.82, 2.24) is 9.69 Å². The van der Waals surface area contributed by atoms with Crippen molar-refractivity contribution in [2.75, 3.05) is 0 Å². The molecule has 0 N–H and O–H groups in total. The van der Waals surface area contributed by atoms with Crippen molar-refractivity contribution in [3.63, 3.8) is 0 Å². The SMILES string of the molecule is C[B-]n1ccc(-c2c(C)cc(C)cc2C)n1. The summed E-state index contributed by atoms with van der Waals surface area (Å²) in [6.45, 7) is 8.39. The summed E-state index contributed by atoms with van der Waals surface area (Å²) in [6.07, 6.45) is 1.98. The molecule has 2 nitrogen and oxygen atoms in total. The Hall–Kier alpha value is -1.51. The number of nitrogens with zero attached hydrogens (tertiary/aromatic N) is 2. The normalized spacial score (nSPS) is 10.8. The third-order valence-corrected chi connectivity index (χ3v) is 2.81. The number of aryl methyl sites for hydroxylation is 3. The van der Waals surface area contributed by atoms with Crippen LogP contribution in [0.1, 0.15) is 16.7 Å². The Morgan fingerprint density at radius 3 is 2.25 bits per heavy atom. The van der Waals surface area contributed by atoms with Gasteiger partial charge >= 0.3 is 0 Å². The van der Waals surface area contributed by atoms with Gasteiger partial charge in [-0.25, -0.2) is 11.9 Å². The van der Waals surface area contributed by atoms with E-state index >= 15 is 0 Å². The number of benzene rings is 1. The Kier molecular flexibility index (Phi) is 2.86. The Morgan fingerprint density at radius 1 is 1.12 bits per heavy atom. The fourth-order valence-electron chi connectivity index (χ4n) is 2.20. The molecular weight excluding hydrogens is 195 g/mol. The summed E-state index contributed by atoms with van der Waals surface area (Å²) in [7, 11) is 1.95. The van der Waals surface area contributed by atoms with Gasteiger partial charge in [-0.2, -0.15) is 7.41 Å². The molecule has 0 spiro atoms. The van der Waals surface area contributed by atoms with Crippen LogP contribution in [0.3, 0.4) is 0 Å². The number of hydrogen-bond acceptors (Lipinski definition) is 1. The van der Waals surface area contributed by atoms with Crippen molar-refractivity contribution in [3.05, 3.63) is 41.1 Å². The molecule has 2 rings (SSSR count). The van der Waals surface area contributed by atoms with E-state index in [2.05, 4.69) is 44.1 Å². The van der Waals surface area contributed by atoms with Gasteiger partial charge in [0.15, 0.2) is 0 Å². The molecule has 1 aromatic heterocycles. The van der Waals surface area contributed by atoms with Crippen molar-refractivity contribution in [3.8, 4) is 11.3 Å². The van der Waals surface area contributed by atoms with Gasteiger partial charge in [0.2, 0.25) is 0 Å². The van der Waals surface area contributed by atoms with Crippen LogP contribution in [0.15, 0.2) is 24.4 Å². The first-order valence-electron chi connectivity index (χ1n) is 5.54. The highest BCUT2D eigenvalue weighted by Gasteiger charge is 2.07. The van der Waals surface area contributed by atoms with Crippen LogP contribution < -0.4 is 0 Å². The molecule has 0 fully saturated rings. The number of hydrogen-bond donors (Lipinski definition) is 0. The Morgan fingerprint density at radius 2 is 1.75 bits per heavy atom. The summed E-state index contributed by atoms with van der Waals surface area (Å²) in [5.74, 6) is 0. The van der Waals surface area contributed by atoms with Gasteiger partial charge in [-0.1, -0.05) is 17.7 Å². The molecule has 0 saturated heterocycles.